The topological polar surface area (TPSA) is 24.5 Å². The first-order valence-corrected chi connectivity index (χ1v) is 7.30. The van der Waals surface area contributed by atoms with E-state index in [1.807, 2.05) is 6.07 Å². The zero-order valence-electron chi connectivity index (χ0n) is 13.1. The minimum absolute atomic E-state index is 0.744. The summed E-state index contributed by atoms with van der Waals surface area (Å²) in [6.07, 6.45) is 0. The molecule has 0 saturated carbocycles. The summed E-state index contributed by atoms with van der Waals surface area (Å²) in [5.74, 6) is 0. The molecule has 0 spiro atoms. The van der Waals surface area contributed by atoms with Crippen LogP contribution in [0.4, 0.5) is 11.4 Å². The van der Waals surface area contributed by atoms with Crippen LogP contribution >= 0.6 is 0 Å². The molecule has 0 aromatic heterocycles. The fourth-order valence-corrected chi connectivity index (χ4v) is 2.28. The lowest BCUT2D eigenvalue weighted by Gasteiger charge is -2.21. The monoisotopic (exact) mass is 284 g/mol. The summed E-state index contributed by atoms with van der Waals surface area (Å²) < 4.78 is 5.04. The van der Waals surface area contributed by atoms with Crippen LogP contribution in [-0.2, 0) is 11.3 Å². The highest BCUT2D eigenvalue weighted by Gasteiger charge is 2.05. The molecule has 0 aliphatic carbocycles. The van der Waals surface area contributed by atoms with Gasteiger partial charge in [0.2, 0.25) is 0 Å². The van der Waals surface area contributed by atoms with Gasteiger partial charge in [0.15, 0.2) is 0 Å². The maximum Gasteiger partial charge on any atom is 0.0587 e. The Morgan fingerprint density at radius 2 is 1.81 bits per heavy atom. The van der Waals surface area contributed by atoms with Crippen LogP contribution < -0.4 is 10.2 Å². The standard InChI is InChI=1S/C18H24N2O/c1-15-13-18(20(2)17-7-5-4-6-8-17)10-9-16(15)14-19-11-12-21-3/h4-10,13,19H,11-12,14H2,1-3H3. The Labute approximate surface area is 127 Å². The maximum absolute atomic E-state index is 5.04. The lowest BCUT2D eigenvalue weighted by atomic mass is 10.1. The molecule has 2 aromatic carbocycles. The normalized spacial score (nSPS) is 10.6. The molecule has 2 aromatic rings. The Balaban J connectivity index is 2.04. The third-order valence-corrected chi connectivity index (χ3v) is 3.66. The van der Waals surface area contributed by atoms with Crippen molar-refractivity contribution >= 4 is 11.4 Å². The third kappa shape index (κ3) is 4.31. The van der Waals surface area contributed by atoms with Crippen LogP contribution in [0.25, 0.3) is 0 Å². The predicted molar refractivity (Wildman–Crippen MR) is 89.3 cm³/mol. The summed E-state index contributed by atoms with van der Waals surface area (Å²) in [5, 5.41) is 3.39. The molecule has 0 aliphatic heterocycles. The fourth-order valence-electron chi connectivity index (χ4n) is 2.28. The molecular formula is C18H24N2O. The van der Waals surface area contributed by atoms with Gasteiger partial charge in [-0.1, -0.05) is 24.3 Å². The number of ether oxygens (including phenoxy) is 1. The van der Waals surface area contributed by atoms with E-state index in [9.17, 15) is 0 Å². The van der Waals surface area contributed by atoms with Crippen LogP contribution in [-0.4, -0.2) is 27.3 Å². The van der Waals surface area contributed by atoms with Gasteiger partial charge in [0.05, 0.1) is 6.61 Å². The van der Waals surface area contributed by atoms with Crippen LogP contribution in [0.3, 0.4) is 0 Å². The maximum atomic E-state index is 5.04. The van der Waals surface area contributed by atoms with Crippen LogP contribution in [0, 0.1) is 6.92 Å². The number of nitrogens with one attached hydrogen (secondary N) is 1. The van der Waals surface area contributed by atoms with E-state index in [-0.39, 0.29) is 0 Å². The molecule has 0 radical (unpaired) electrons. The Bertz CT molecular complexity index is 554. The molecule has 0 amide bonds. The van der Waals surface area contributed by atoms with Crippen molar-refractivity contribution in [2.45, 2.75) is 13.5 Å². The van der Waals surface area contributed by atoms with Crippen molar-refractivity contribution in [1.29, 1.82) is 0 Å². The van der Waals surface area contributed by atoms with Gasteiger partial charge in [0.25, 0.3) is 0 Å². The van der Waals surface area contributed by atoms with E-state index in [1.165, 1.54) is 22.5 Å². The Kier molecular flexibility index (Phi) is 5.78. The molecule has 2 rings (SSSR count). The molecule has 0 heterocycles. The summed E-state index contributed by atoms with van der Waals surface area (Å²) >= 11 is 0. The Morgan fingerprint density at radius 1 is 1.05 bits per heavy atom. The number of hydrogen-bond donors (Lipinski definition) is 1. The third-order valence-electron chi connectivity index (χ3n) is 3.66. The number of anilines is 2. The number of para-hydroxylation sites is 1. The van der Waals surface area contributed by atoms with Crippen molar-refractivity contribution in [3.05, 3.63) is 59.7 Å². The smallest absolute Gasteiger partial charge is 0.0587 e. The molecule has 112 valence electrons. The van der Waals surface area contributed by atoms with Crippen molar-refractivity contribution in [2.24, 2.45) is 0 Å². The first kappa shape index (κ1) is 15.5. The number of methoxy groups -OCH3 is 1. The molecular weight excluding hydrogens is 260 g/mol. The molecule has 0 saturated heterocycles. The minimum atomic E-state index is 0.744. The molecule has 21 heavy (non-hydrogen) atoms. The summed E-state index contributed by atoms with van der Waals surface area (Å²) in [6, 6.07) is 17.0. The number of hydrogen-bond acceptors (Lipinski definition) is 3. The van der Waals surface area contributed by atoms with Gasteiger partial charge in [0, 0.05) is 38.6 Å². The quantitative estimate of drug-likeness (QED) is 0.788. The Hall–Kier alpha value is -1.84. The van der Waals surface area contributed by atoms with Gasteiger partial charge >= 0.3 is 0 Å². The summed E-state index contributed by atoms with van der Waals surface area (Å²) in [5.41, 5.74) is 5.04. The largest absolute Gasteiger partial charge is 0.383 e. The molecule has 3 heteroatoms. The number of rotatable bonds is 7. The second-order valence-corrected chi connectivity index (χ2v) is 5.17. The van der Waals surface area contributed by atoms with Gasteiger partial charge < -0.3 is 15.0 Å². The van der Waals surface area contributed by atoms with E-state index in [1.54, 1.807) is 7.11 Å². The van der Waals surface area contributed by atoms with Crippen molar-refractivity contribution in [3.8, 4) is 0 Å². The van der Waals surface area contributed by atoms with Gasteiger partial charge in [0.1, 0.15) is 0 Å². The number of benzene rings is 2. The van der Waals surface area contributed by atoms with Crippen LogP contribution in [0.2, 0.25) is 0 Å². The van der Waals surface area contributed by atoms with E-state index in [2.05, 4.69) is 66.7 Å². The second kappa shape index (κ2) is 7.81. The van der Waals surface area contributed by atoms with Gasteiger partial charge in [-0.2, -0.15) is 0 Å². The zero-order valence-corrected chi connectivity index (χ0v) is 13.1. The molecule has 3 nitrogen and oxygen atoms in total. The van der Waals surface area contributed by atoms with Gasteiger partial charge in [-0.3, -0.25) is 0 Å². The molecule has 0 bridgehead atoms. The summed E-state index contributed by atoms with van der Waals surface area (Å²) in [6.45, 7) is 4.66. The van der Waals surface area contributed by atoms with Crippen LogP contribution in [0.5, 0.6) is 0 Å². The molecule has 0 aliphatic rings. The molecule has 0 unspecified atom stereocenters. The van der Waals surface area contributed by atoms with E-state index >= 15 is 0 Å². The van der Waals surface area contributed by atoms with Gasteiger partial charge in [-0.25, -0.2) is 0 Å². The van der Waals surface area contributed by atoms with E-state index < -0.39 is 0 Å². The van der Waals surface area contributed by atoms with E-state index in [4.69, 9.17) is 4.74 Å². The highest BCUT2D eigenvalue weighted by Crippen LogP contribution is 2.25. The number of aryl methyl sites for hydroxylation is 1. The van der Waals surface area contributed by atoms with Crippen molar-refractivity contribution < 1.29 is 4.74 Å². The minimum Gasteiger partial charge on any atom is -0.383 e. The average Bonchev–Trinajstić information content (AvgIpc) is 2.53. The van der Waals surface area contributed by atoms with Crippen LogP contribution in [0.1, 0.15) is 11.1 Å². The Morgan fingerprint density at radius 3 is 2.48 bits per heavy atom. The van der Waals surface area contributed by atoms with Crippen molar-refractivity contribution in [1.82, 2.24) is 5.32 Å². The van der Waals surface area contributed by atoms with Gasteiger partial charge in [-0.15, -0.1) is 0 Å². The highest BCUT2D eigenvalue weighted by molar-refractivity contribution is 5.63. The zero-order chi connectivity index (χ0) is 15.1. The lowest BCUT2D eigenvalue weighted by Crippen LogP contribution is -2.19. The van der Waals surface area contributed by atoms with Gasteiger partial charge in [-0.05, 0) is 42.3 Å². The second-order valence-electron chi connectivity index (χ2n) is 5.17. The summed E-state index contributed by atoms with van der Waals surface area (Å²) in [4.78, 5) is 2.20. The predicted octanol–water partition coefficient (Wildman–Crippen LogP) is 3.50. The number of nitrogens with zero attached hydrogens (tertiary/aromatic N) is 1. The molecule has 0 atom stereocenters. The first-order chi connectivity index (χ1) is 10.2. The lowest BCUT2D eigenvalue weighted by molar-refractivity contribution is 0.199. The molecule has 1 N–H and O–H groups in total. The highest BCUT2D eigenvalue weighted by atomic mass is 16.5. The van der Waals surface area contributed by atoms with E-state index in [0.717, 1.165) is 19.7 Å². The van der Waals surface area contributed by atoms with Crippen molar-refractivity contribution in [2.75, 3.05) is 32.2 Å². The van der Waals surface area contributed by atoms with Crippen LogP contribution in [0.15, 0.2) is 48.5 Å². The van der Waals surface area contributed by atoms with Crippen molar-refractivity contribution in [3.63, 3.8) is 0 Å². The SMILES string of the molecule is COCCNCc1ccc(N(C)c2ccccc2)cc1C. The average molecular weight is 284 g/mol. The summed E-state index contributed by atoms with van der Waals surface area (Å²) in [7, 11) is 3.82. The fraction of sp³-hybridized carbons (Fsp3) is 0.333. The molecule has 0 fully saturated rings. The van der Waals surface area contributed by atoms with E-state index in [0.29, 0.717) is 0 Å². The first-order valence-electron chi connectivity index (χ1n) is 7.30.